The lowest BCUT2D eigenvalue weighted by molar-refractivity contribution is 0.0697. The predicted molar refractivity (Wildman–Crippen MR) is 63.5 cm³/mol. The van der Waals surface area contributed by atoms with Gasteiger partial charge in [0.15, 0.2) is 0 Å². The van der Waals surface area contributed by atoms with Crippen molar-refractivity contribution in [3.63, 3.8) is 0 Å². The van der Waals surface area contributed by atoms with Gasteiger partial charge in [0.05, 0.1) is 5.56 Å². The van der Waals surface area contributed by atoms with Gasteiger partial charge in [0, 0.05) is 0 Å². The Bertz CT molecular complexity index is 559. The van der Waals surface area contributed by atoms with Gasteiger partial charge < -0.3 is 5.11 Å². The molecule has 1 N–H and O–H groups in total. The van der Waals surface area contributed by atoms with Crippen LogP contribution in [0.4, 0.5) is 4.39 Å². The molecular formula is C14H11FO2. The Hall–Kier alpha value is -2.16. The molecule has 0 saturated carbocycles. The van der Waals surface area contributed by atoms with Gasteiger partial charge in [0.2, 0.25) is 0 Å². The maximum absolute atomic E-state index is 12.8. The quantitative estimate of drug-likeness (QED) is 0.857. The molecule has 0 aromatic heterocycles. The number of benzene rings is 2. The molecule has 0 aliphatic carbocycles. The Balaban J connectivity index is 2.65. The van der Waals surface area contributed by atoms with Crippen LogP contribution < -0.4 is 0 Å². The van der Waals surface area contributed by atoms with Crippen molar-refractivity contribution in [3.8, 4) is 11.1 Å². The van der Waals surface area contributed by atoms with Crippen molar-refractivity contribution in [2.45, 2.75) is 6.92 Å². The molecule has 0 aliphatic rings. The van der Waals surface area contributed by atoms with Crippen molar-refractivity contribution in [2.75, 3.05) is 0 Å². The zero-order valence-electron chi connectivity index (χ0n) is 9.27. The number of carboxylic acid groups (broad SMARTS) is 1. The summed E-state index contributed by atoms with van der Waals surface area (Å²) >= 11 is 0. The summed E-state index contributed by atoms with van der Waals surface area (Å²) < 4.78 is 12.8. The molecule has 0 fully saturated rings. The minimum atomic E-state index is -0.979. The second-order valence-electron chi connectivity index (χ2n) is 3.81. The van der Waals surface area contributed by atoms with Crippen LogP contribution in [-0.4, -0.2) is 11.1 Å². The summed E-state index contributed by atoms with van der Waals surface area (Å²) in [6, 6.07) is 10.9. The predicted octanol–water partition coefficient (Wildman–Crippen LogP) is 3.50. The Morgan fingerprint density at radius 2 is 1.76 bits per heavy atom. The lowest BCUT2D eigenvalue weighted by Gasteiger charge is -2.09. The van der Waals surface area contributed by atoms with Gasteiger partial charge in [-0.2, -0.15) is 0 Å². The number of hydrogen-bond acceptors (Lipinski definition) is 1. The molecule has 0 amide bonds. The summed E-state index contributed by atoms with van der Waals surface area (Å²) in [4.78, 5) is 11.1. The Morgan fingerprint density at radius 3 is 2.35 bits per heavy atom. The summed E-state index contributed by atoms with van der Waals surface area (Å²) in [6.45, 7) is 1.84. The molecular weight excluding hydrogens is 219 g/mol. The fourth-order valence-electron chi connectivity index (χ4n) is 1.85. The number of halogens is 1. The Morgan fingerprint density at radius 1 is 1.12 bits per heavy atom. The number of rotatable bonds is 2. The topological polar surface area (TPSA) is 37.3 Å². The lowest BCUT2D eigenvalue weighted by atomic mass is 9.95. The maximum atomic E-state index is 12.8. The van der Waals surface area contributed by atoms with Crippen LogP contribution in [0, 0.1) is 12.7 Å². The molecule has 2 aromatic carbocycles. The van der Waals surface area contributed by atoms with Crippen LogP contribution in [0.3, 0.4) is 0 Å². The highest BCUT2D eigenvalue weighted by atomic mass is 19.1. The first kappa shape index (κ1) is 11.3. The Labute approximate surface area is 98.3 Å². The number of carbonyl (C=O) groups is 1. The van der Waals surface area contributed by atoms with Crippen LogP contribution in [-0.2, 0) is 0 Å². The van der Waals surface area contributed by atoms with E-state index < -0.39 is 5.97 Å². The van der Waals surface area contributed by atoms with Crippen LogP contribution in [0.25, 0.3) is 11.1 Å². The number of aromatic carboxylic acids is 1. The van der Waals surface area contributed by atoms with E-state index in [1.54, 1.807) is 24.3 Å². The lowest BCUT2D eigenvalue weighted by Crippen LogP contribution is -2.01. The van der Waals surface area contributed by atoms with Gasteiger partial charge in [0.1, 0.15) is 5.82 Å². The fraction of sp³-hybridized carbons (Fsp3) is 0.0714. The van der Waals surface area contributed by atoms with Crippen LogP contribution in [0.1, 0.15) is 15.9 Å². The zero-order valence-corrected chi connectivity index (χ0v) is 9.27. The van der Waals surface area contributed by atoms with E-state index in [1.807, 2.05) is 13.0 Å². The highest BCUT2D eigenvalue weighted by Crippen LogP contribution is 2.27. The average molecular weight is 230 g/mol. The summed E-state index contributed by atoms with van der Waals surface area (Å²) in [5.74, 6) is -1.31. The van der Waals surface area contributed by atoms with Gasteiger partial charge in [0.25, 0.3) is 0 Å². The zero-order chi connectivity index (χ0) is 12.4. The van der Waals surface area contributed by atoms with E-state index in [1.165, 1.54) is 12.1 Å². The third-order valence-corrected chi connectivity index (χ3v) is 2.64. The second kappa shape index (κ2) is 4.37. The normalized spacial score (nSPS) is 10.2. The van der Waals surface area contributed by atoms with Crippen LogP contribution in [0.5, 0.6) is 0 Å². The molecule has 0 spiro atoms. The maximum Gasteiger partial charge on any atom is 0.336 e. The first-order chi connectivity index (χ1) is 8.09. The summed E-state index contributed by atoms with van der Waals surface area (Å²) in [6.07, 6.45) is 0. The number of aryl methyl sites for hydroxylation is 1. The van der Waals surface area contributed by atoms with Gasteiger partial charge in [-0.3, -0.25) is 0 Å². The number of hydrogen-bond donors (Lipinski definition) is 1. The minimum Gasteiger partial charge on any atom is -0.478 e. The van der Waals surface area contributed by atoms with Crippen LogP contribution >= 0.6 is 0 Å². The smallest absolute Gasteiger partial charge is 0.336 e. The van der Waals surface area contributed by atoms with Crippen molar-refractivity contribution in [3.05, 3.63) is 59.4 Å². The van der Waals surface area contributed by atoms with E-state index in [4.69, 9.17) is 5.11 Å². The standard InChI is InChI=1S/C14H11FO2/c1-9-3-2-4-12(14(16)17)13(9)10-5-7-11(15)8-6-10/h2-8H,1H3,(H,16,17). The Kier molecular flexibility index (Phi) is 2.91. The van der Waals surface area contributed by atoms with E-state index in [9.17, 15) is 9.18 Å². The monoisotopic (exact) mass is 230 g/mol. The van der Waals surface area contributed by atoms with Crippen molar-refractivity contribution >= 4 is 5.97 Å². The van der Waals surface area contributed by atoms with E-state index in [-0.39, 0.29) is 11.4 Å². The molecule has 0 unspecified atom stereocenters. The molecule has 2 aromatic rings. The molecule has 0 aliphatic heterocycles. The van der Waals surface area contributed by atoms with E-state index in [2.05, 4.69) is 0 Å². The molecule has 86 valence electrons. The first-order valence-corrected chi connectivity index (χ1v) is 5.18. The van der Waals surface area contributed by atoms with E-state index in [0.717, 1.165) is 5.56 Å². The molecule has 0 radical (unpaired) electrons. The van der Waals surface area contributed by atoms with Crippen molar-refractivity contribution in [2.24, 2.45) is 0 Å². The third-order valence-electron chi connectivity index (χ3n) is 2.64. The van der Waals surface area contributed by atoms with Crippen molar-refractivity contribution in [1.29, 1.82) is 0 Å². The highest BCUT2D eigenvalue weighted by Gasteiger charge is 2.13. The van der Waals surface area contributed by atoms with Crippen molar-refractivity contribution in [1.82, 2.24) is 0 Å². The van der Waals surface area contributed by atoms with E-state index in [0.29, 0.717) is 11.1 Å². The molecule has 2 nitrogen and oxygen atoms in total. The fourth-order valence-corrected chi connectivity index (χ4v) is 1.85. The van der Waals surface area contributed by atoms with Crippen molar-refractivity contribution < 1.29 is 14.3 Å². The number of carboxylic acids is 1. The SMILES string of the molecule is Cc1cccc(C(=O)O)c1-c1ccc(F)cc1. The van der Waals surface area contributed by atoms with Gasteiger partial charge in [-0.25, -0.2) is 9.18 Å². The highest BCUT2D eigenvalue weighted by molar-refractivity contribution is 5.96. The van der Waals surface area contributed by atoms with Gasteiger partial charge >= 0.3 is 5.97 Å². The largest absolute Gasteiger partial charge is 0.478 e. The van der Waals surface area contributed by atoms with Crippen LogP contribution in [0.15, 0.2) is 42.5 Å². The first-order valence-electron chi connectivity index (χ1n) is 5.18. The molecule has 17 heavy (non-hydrogen) atoms. The summed E-state index contributed by atoms with van der Waals surface area (Å²) in [5, 5.41) is 9.13. The van der Waals surface area contributed by atoms with Crippen LogP contribution in [0.2, 0.25) is 0 Å². The molecule has 2 rings (SSSR count). The molecule has 0 bridgehead atoms. The van der Waals surface area contributed by atoms with Gasteiger partial charge in [-0.15, -0.1) is 0 Å². The van der Waals surface area contributed by atoms with Gasteiger partial charge in [-0.1, -0.05) is 24.3 Å². The molecule has 0 saturated heterocycles. The van der Waals surface area contributed by atoms with Gasteiger partial charge in [-0.05, 0) is 41.8 Å². The summed E-state index contributed by atoms with van der Waals surface area (Å²) in [7, 11) is 0. The minimum absolute atomic E-state index is 0.233. The second-order valence-corrected chi connectivity index (χ2v) is 3.81. The molecule has 0 heterocycles. The third kappa shape index (κ3) is 2.18. The average Bonchev–Trinajstić information content (AvgIpc) is 2.30. The molecule has 0 atom stereocenters. The summed E-state index contributed by atoms with van der Waals surface area (Å²) in [5.41, 5.74) is 2.44. The van der Waals surface area contributed by atoms with E-state index >= 15 is 0 Å². The molecule has 3 heteroatoms.